The Bertz CT molecular complexity index is 868. The first kappa shape index (κ1) is 19.5. The van der Waals surface area contributed by atoms with Gasteiger partial charge in [0.2, 0.25) is 0 Å². The van der Waals surface area contributed by atoms with Gasteiger partial charge < -0.3 is 19.9 Å². The van der Waals surface area contributed by atoms with Crippen molar-refractivity contribution in [2.24, 2.45) is 0 Å². The average molecular weight is 387 g/mol. The molecule has 0 bridgehead atoms. The first-order chi connectivity index (χ1) is 13.5. The zero-order valence-corrected chi connectivity index (χ0v) is 15.8. The summed E-state index contributed by atoms with van der Waals surface area (Å²) in [5.41, 5.74) is 0.547. The van der Waals surface area contributed by atoms with Gasteiger partial charge in [-0.15, -0.1) is 0 Å². The third kappa shape index (κ3) is 4.73. The number of aromatic nitrogens is 2. The Labute approximate surface area is 162 Å². The second-order valence-corrected chi connectivity index (χ2v) is 6.30. The third-order valence-electron chi connectivity index (χ3n) is 4.27. The fourth-order valence-electron chi connectivity index (χ4n) is 2.92. The number of carbonyl (C=O) groups is 2. The normalized spacial score (nSPS) is 14.0. The fraction of sp³-hybridized carbons (Fsp3) is 0.368. The van der Waals surface area contributed by atoms with E-state index in [1.165, 1.54) is 18.2 Å². The van der Waals surface area contributed by atoms with Crippen molar-refractivity contribution >= 4 is 23.5 Å². The van der Waals surface area contributed by atoms with Crippen LogP contribution in [0.15, 0.2) is 30.3 Å². The van der Waals surface area contributed by atoms with E-state index in [-0.39, 0.29) is 11.8 Å². The summed E-state index contributed by atoms with van der Waals surface area (Å²) in [6, 6.07) is 7.26. The molecule has 1 aromatic carbocycles. The minimum absolute atomic E-state index is 0.194. The summed E-state index contributed by atoms with van der Waals surface area (Å²) in [6.45, 7) is 5.97. The number of nitrogens with one attached hydrogen (secondary N) is 1. The maximum atomic E-state index is 13.3. The Hall–Kier alpha value is -3.23. The summed E-state index contributed by atoms with van der Waals surface area (Å²) in [5, 5.41) is 2.64. The van der Waals surface area contributed by atoms with Crippen LogP contribution in [0.4, 0.5) is 20.7 Å². The van der Waals surface area contributed by atoms with Gasteiger partial charge in [0.1, 0.15) is 23.2 Å². The Kier molecular flexibility index (Phi) is 6.03. The van der Waals surface area contributed by atoms with E-state index in [0.717, 1.165) is 0 Å². The fourth-order valence-corrected chi connectivity index (χ4v) is 2.92. The second kappa shape index (κ2) is 8.64. The molecule has 0 saturated carbocycles. The molecule has 1 aromatic heterocycles. The molecule has 1 aliphatic heterocycles. The molecule has 3 rings (SSSR count). The number of halogens is 1. The van der Waals surface area contributed by atoms with Crippen LogP contribution in [0.5, 0.6) is 0 Å². The van der Waals surface area contributed by atoms with E-state index in [1.54, 1.807) is 30.9 Å². The minimum atomic E-state index is -0.442. The molecule has 1 N–H and O–H groups in total. The molecule has 0 spiro atoms. The zero-order chi connectivity index (χ0) is 20.1. The van der Waals surface area contributed by atoms with E-state index >= 15 is 0 Å². The Balaban J connectivity index is 1.70. The minimum Gasteiger partial charge on any atom is -0.450 e. The zero-order valence-electron chi connectivity index (χ0n) is 15.8. The highest BCUT2D eigenvalue weighted by Crippen LogP contribution is 2.17. The number of carbonyl (C=O) groups excluding carboxylic acids is 2. The Morgan fingerprint density at radius 1 is 1.18 bits per heavy atom. The molecule has 1 saturated heterocycles. The SMILES string of the molecule is CCOC(=O)N1CCN(c2cc(C(=O)Nc3cccc(F)c3)nc(C)n2)CC1. The van der Waals surface area contributed by atoms with Crippen molar-refractivity contribution in [3.8, 4) is 0 Å². The van der Waals surface area contributed by atoms with Crippen LogP contribution in [0, 0.1) is 12.7 Å². The van der Waals surface area contributed by atoms with E-state index in [9.17, 15) is 14.0 Å². The van der Waals surface area contributed by atoms with Crippen molar-refractivity contribution in [3.05, 3.63) is 47.7 Å². The topological polar surface area (TPSA) is 87.7 Å². The molecular formula is C19H22FN5O3. The van der Waals surface area contributed by atoms with Crippen LogP contribution >= 0.6 is 0 Å². The molecule has 0 radical (unpaired) electrons. The molecule has 0 aliphatic carbocycles. The number of amides is 2. The van der Waals surface area contributed by atoms with Crippen LogP contribution < -0.4 is 10.2 Å². The summed E-state index contributed by atoms with van der Waals surface area (Å²) in [7, 11) is 0. The van der Waals surface area contributed by atoms with Gasteiger partial charge in [-0.2, -0.15) is 0 Å². The van der Waals surface area contributed by atoms with Crippen LogP contribution in [-0.4, -0.2) is 59.7 Å². The number of benzene rings is 1. The maximum Gasteiger partial charge on any atom is 0.409 e. The first-order valence-corrected chi connectivity index (χ1v) is 9.05. The maximum absolute atomic E-state index is 13.3. The number of hydrogen-bond donors (Lipinski definition) is 1. The Morgan fingerprint density at radius 3 is 2.61 bits per heavy atom. The number of piperazine rings is 1. The number of rotatable bonds is 4. The summed E-state index contributed by atoms with van der Waals surface area (Å²) in [5.74, 6) is 0.189. The number of aryl methyl sites for hydroxylation is 1. The van der Waals surface area contributed by atoms with E-state index in [4.69, 9.17) is 4.74 Å². The predicted molar refractivity (Wildman–Crippen MR) is 102 cm³/mol. The lowest BCUT2D eigenvalue weighted by Crippen LogP contribution is -2.49. The number of anilines is 2. The standard InChI is InChI=1S/C19H22FN5O3/c1-3-28-19(27)25-9-7-24(8-10-25)17-12-16(21-13(2)22-17)18(26)23-15-6-4-5-14(20)11-15/h4-6,11-12H,3,7-10H2,1-2H3,(H,23,26). The van der Waals surface area contributed by atoms with Crippen molar-refractivity contribution in [2.75, 3.05) is 43.0 Å². The largest absolute Gasteiger partial charge is 0.450 e. The van der Waals surface area contributed by atoms with Gasteiger partial charge in [0, 0.05) is 37.9 Å². The van der Waals surface area contributed by atoms with Gasteiger partial charge in [-0.25, -0.2) is 19.2 Å². The Morgan fingerprint density at radius 2 is 1.93 bits per heavy atom. The lowest BCUT2D eigenvalue weighted by atomic mass is 10.2. The van der Waals surface area contributed by atoms with Gasteiger partial charge in [0.15, 0.2) is 0 Å². The molecule has 9 heteroatoms. The molecular weight excluding hydrogens is 365 g/mol. The van der Waals surface area contributed by atoms with Crippen LogP contribution in [0.25, 0.3) is 0 Å². The highest BCUT2D eigenvalue weighted by molar-refractivity contribution is 6.03. The molecule has 2 heterocycles. The molecule has 1 fully saturated rings. The van der Waals surface area contributed by atoms with Crippen LogP contribution in [0.1, 0.15) is 23.2 Å². The summed E-state index contributed by atoms with van der Waals surface area (Å²) >= 11 is 0. The van der Waals surface area contributed by atoms with E-state index < -0.39 is 11.7 Å². The van der Waals surface area contributed by atoms with Crippen LogP contribution in [0.2, 0.25) is 0 Å². The second-order valence-electron chi connectivity index (χ2n) is 6.30. The van der Waals surface area contributed by atoms with Crippen molar-refractivity contribution in [3.63, 3.8) is 0 Å². The molecule has 148 valence electrons. The molecule has 28 heavy (non-hydrogen) atoms. The van der Waals surface area contributed by atoms with E-state index in [2.05, 4.69) is 15.3 Å². The smallest absolute Gasteiger partial charge is 0.409 e. The van der Waals surface area contributed by atoms with Crippen molar-refractivity contribution < 1.29 is 18.7 Å². The highest BCUT2D eigenvalue weighted by atomic mass is 19.1. The van der Waals surface area contributed by atoms with Crippen LogP contribution in [0.3, 0.4) is 0 Å². The lowest BCUT2D eigenvalue weighted by molar-refractivity contribution is 0.102. The van der Waals surface area contributed by atoms with Gasteiger partial charge >= 0.3 is 6.09 Å². The van der Waals surface area contributed by atoms with Gasteiger partial charge in [0.25, 0.3) is 5.91 Å². The highest BCUT2D eigenvalue weighted by Gasteiger charge is 2.23. The van der Waals surface area contributed by atoms with Crippen molar-refractivity contribution in [2.45, 2.75) is 13.8 Å². The molecule has 8 nitrogen and oxygen atoms in total. The molecule has 0 unspecified atom stereocenters. The average Bonchev–Trinajstić information content (AvgIpc) is 2.68. The number of nitrogens with zero attached hydrogens (tertiary/aromatic N) is 4. The summed E-state index contributed by atoms with van der Waals surface area (Å²) in [4.78, 5) is 36.6. The predicted octanol–water partition coefficient (Wildman–Crippen LogP) is 2.45. The number of ether oxygens (including phenoxy) is 1. The van der Waals surface area contributed by atoms with Crippen molar-refractivity contribution in [1.82, 2.24) is 14.9 Å². The van der Waals surface area contributed by atoms with Crippen LogP contribution in [-0.2, 0) is 4.74 Å². The summed E-state index contributed by atoms with van der Waals surface area (Å²) in [6.07, 6.45) is -0.323. The van der Waals surface area contributed by atoms with Gasteiger partial charge in [-0.3, -0.25) is 4.79 Å². The molecule has 2 aromatic rings. The van der Waals surface area contributed by atoms with E-state index in [0.29, 0.717) is 50.1 Å². The monoisotopic (exact) mass is 387 g/mol. The summed E-state index contributed by atoms with van der Waals surface area (Å²) < 4.78 is 18.3. The molecule has 2 amide bonds. The quantitative estimate of drug-likeness (QED) is 0.867. The van der Waals surface area contributed by atoms with Crippen molar-refractivity contribution in [1.29, 1.82) is 0 Å². The van der Waals surface area contributed by atoms with Gasteiger partial charge in [0.05, 0.1) is 6.61 Å². The van der Waals surface area contributed by atoms with Gasteiger partial charge in [-0.1, -0.05) is 6.07 Å². The third-order valence-corrected chi connectivity index (χ3v) is 4.27. The van der Waals surface area contributed by atoms with Gasteiger partial charge in [-0.05, 0) is 32.0 Å². The lowest BCUT2D eigenvalue weighted by Gasteiger charge is -2.34. The van der Waals surface area contributed by atoms with E-state index in [1.807, 2.05) is 4.90 Å². The number of hydrogen-bond acceptors (Lipinski definition) is 6. The first-order valence-electron chi connectivity index (χ1n) is 9.05. The molecule has 1 aliphatic rings. The molecule has 0 atom stereocenters.